The summed E-state index contributed by atoms with van der Waals surface area (Å²) >= 11 is 0. The van der Waals surface area contributed by atoms with Crippen LogP contribution < -0.4 is 5.32 Å². The summed E-state index contributed by atoms with van der Waals surface area (Å²) in [4.78, 5) is 16.3. The third-order valence-electron chi connectivity index (χ3n) is 3.88. The minimum Gasteiger partial charge on any atom is -0.322 e. The van der Waals surface area contributed by atoms with Crippen molar-refractivity contribution in [3.05, 3.63) is 77.4 Å². The zero-order valence-electron chi connectivity index (χ0n) is 13.5. The van der Waals surface area contributed by atoms with Crippen LogP contribution in [0.1, 0.15) is 34.5 Å². The Bertz CT molecular complexity index is 866. The summed E-state index contributed by atoms with van der Waals surface area (Å²) in [5.74, 6) is -0.764. The van der Waals surface area contributed by atoms with Crippen LogP contribution in [0.2, 0.25) is 0 Å². The molecule has 0 aliphatic heterocycles. The number of amides is 1. The van der Waals surface area contributed by atoms with Gasteiger partial charge in [0.25, 0.3) is 5.91 Å². The summed E-state index contributed by atoms with van der Waals surface area (Å²) in [6, 6.07) is 7.16. The number of carbonyl (C=O) groups excluding carboxylic acids is 1. The molecule has 0 saturated heterocycles. The molecular weight excluding hydrogens is 348 g/mol. The molecule has 134 valence electrons. The molecule has 1 aromatic heterocycles. The summed E-state index contributed by atoms with van der Waals surface area (Å²) in [6.45, 7) is 0. The number of benzene rings is 1. The van der Waals surface area contributed by atoms with Crippen LogP contribution in [0, 0.1) is 0 Å². The maximum Gasteiger partial charge on any atom is 0.416 e. The highest BCUT2D eigenvalue weighted by Crippen LogP contribution is 2.30. The third kappa shape index (κ3) is 3.99. The van der Waals surface area contributed by atoms with Crippen LogP contribution in [0.3, 0.4) is 0 Å². The topological polar surface area (TPSA) is 42.0 Å². The molecule has 3 rings (SSSR count). The van der Waals surface area contributed by atoms with Gasteiger partial charge in [-0.15, -0.1) is 0 Å². The van der Waals surface area contributed by atoms with Gasteiger partial charge in [0.15, 0.2) is 0 Å². The third-order valence-corrected chi connectivity index (χ3v) is 3.88. The van der Waals surface area contributed by atoms with Crippen LogP contribution >= 0.6 is 0 Å². The number of hydrogen-bond donors (Lipinski definition) is 1. The normalized spacial score (nSPS) is 14.5. The minimum atomic E-state index is -4.43. The van der Waals surface area contributed by atoms with Crippen LogP contribution in [-0.2, 0) is 6.18 Å². The van der Waals surface area contributed by atoms with E-state index in [-0.39, 0.29) is 17.1 Å². The SMILES string of the molecule is O=C(Nc1ccc(C(F)(F)F)cc1)c1ccc(C2=C(F)CCC=C2)nc1. The molecular formula is C19H14F4N2O. The number of alkyl halides is 3. The van der Waals surface area contributed by atoms with Gasteiger partial charge < -0.3 is 5.32 Å². The Morgan fingerprint density at radius 1 is 1.08 bits per heavy atom. The maximum absolute atomic E-state index is 13.8. The Labute approximate surface area is 147 Å². The van der Waals surface area contributed by atoms with Crippen LogP contribution in [-0.4, -0.2) is 10.9 Å². The largest absolute Gasteiger partial charge is 0.416 e. The van der Waals surface area contributed by atoms with Gasteiger partial charge in [0, 0.05) is 23.9 Å². The molecule has 3 nitrogen and oxygen atoms in total. The van der Waals surface area contributed by atoms with E-state index in [0.29, 0.717) is 24.1 Å². The highest BCUT2D eigenvalue weighted by atomic mass is 19.4. The van der Waals surface area contributed by atoms with Gasteiger partial charge in [-0.1, -0.05) is 12.2 Å². The molecule has 1 amide bonds. The Hall–Kier alpha value is -2.96. The maximum atomic E-state index is 13.8. The van der Waals surface area contributed by atoms with E-state index in [0.717, 1.165) is 12.1 Å². The van der Waals surface area contributed by atoms with E-state index in [9.17, 15) is 22.4 Å². The number of hydrogen-bond acceptors (Lipinski definition) is 2. The molecule has 0 saturated carbocycles. The summed E-state index contributed by atoms with van der Waals surface area (Å²) in [5, 5.41) is 2.50. The minimum absolute atomic E-state index is 0.217. The lowest BCUT2D eigenvalue weighted by Crippen LogP contribution is -2.13. The van der Waals surface area contributed by atoms with Crippen LogP contribution in [0.5, 0.6) is 0 Å². The van der Waals surface area contributed by atoms with Crippen LogP contribution in [0.15, 0.2) is 60.6 Å². The zero-order valence-corrected chi connectivity index (χ0v) is 13.5. The number of anilines is 1. The lowest BCUT2D eigenvalue weighted by molar-refractivity contribution is -0.137. The lowest BCUT2D eigenvalue weighted by Gasteiger charge is -2.10. The molecule has 7 heteroatoms. The first-order chi connectivity index (χ1) is 12.3. The van der Waals surface area contributed by atoms with Gasteiger partial charge in [-0.2, -0.15) is 13.2 Å². The molecule has 0 atom stereocenters. The van der Waals surface area contributed by atoms with E-state index in [1.807, 2.05) is 6.08 Å². The Morgan fingerprint density at radius 3 is 2.38 bits per heavy atom. The van der Waals surface area contributed by atoms with Crippen molar-refractivity contribution in [2.45, 2.75) is 19.0 Å². The molecule has 26 heavy (non-hydrogen) atoms. The molecule has 0 bridgehead atoms. The van der Waals surface area contributed by atoms with Crippen molar-refractivity contribution >= 4 is 17.2 Å². The first-order valence-electron chi connectivity index (χ1n) is 7.85. The second-order valence-corrected chi connectivity index (χ2v) is 5.72. The number of aromatic nitrogens is 1. The fourth-order valence-electron chi connectivity index (χ4n) is 2.49. The van der Waals surface area contributed by atoms with E-state index < -0.39 is 17.6 Å². The monoisotopic (exact) mass is 362 g/mol. The number of pyridine rings is 1. The molecule has 2 aromatic rings. The number of nitrogens with zero attached hydrogens (tertiary/aromatic N) is 1. The van der Waals surface area contributed by atoms with Crippen molar-refractivity contribution < 1.29 is 22.4 Å². The van der Waals surface area contributed by atoms with E-state index >= 15 is 0 Å². The summed E-state index contributed by atoms with van der Waals surface area (Å²) in [7, 11) is 0. The van der Waals surface area contributed by atoms with Crippen molar-refractivity contribution in [1.82, 2.24) is 4.98 Å². The predicted molar refractivity (Wildman–Crippen MR) is 90.0 cm³/mol. The van der Waals surface area contributed by atoms with Crippen molar-refractivity contribution in [2.24, 2.45) is 0 Å². The standard InChI is InChI=1S/C19H14F4N2O/c20-16-4-2-1-3-15(16)17-10-5-12(11-24-17)18(26)25-14-8-6-13(7-9-14)19(21,22)23/h1,3,5-11H,2,4H2,(H,25,26). The summed E-state index contributed by atoms with van der Waals surface area (Å²) in [5.41, 5.74) is 0.471. The molecule has 1 aromatic carbocycles. The van der Waals surface area contributed by atoms with Gasteiger partial charge in [0.05, 0.1) is 16.8 Å². The van der Waals surface area contributed by atoms with Crippen LogP contribution in [0.25, 0.3) is 5.57 Å². The zero-order chi connectivity index (χ0) is 18.7. The van der Waals surface area contributed by atoms with Crippen molar-refractivity contribution in [3.8, 4) is 0 Å². The number of nitrogens with one attached hydrogen (secondary N) is 1. The van der Waals surface area contributed by atoms with Gasteiger partial charge in [0.1, 0.15) is 5.83 Å². The fourth-order valence-corrected chi connectivity index (χ4v) is 2.49. The van der Waals surface area contributed by atoms with E-state index in [1.54, 1.807) is 6.08 Å². The molecule has 1 aliphatic rings. The number of halogens is 4. The second-order valence-electron chi connectivity index (χ2n) is 5.72. The van der Waals surface area contributed by atoms with Gasteiger partial charge >= 0.3 is 6.18 Å². The Morgan fingerprint density at radius 2 is 1.81 bits per heavy atom. The van der Waals surface area contributed by atoms with E-state index in [4.69, 9.17) is 0 Å². The van der Waals surface area contributed by atoms with Gasteiger partial charge in [-0.25, -0.2) is 4.39 Å². The molecule has 0 fully saturated rings. The first kappa shape index (κ1) is 17.8. The van der Waals surface area contributed by atoms with E-state index in [1.165, 1.54) is 30.5 Å². The fraction of sp³-hybridized carbons (Fsp3) is 0.158. The molecule has 0 unspecified atom stereocenters. The molecule has 1 aliphatic carbocycles. The van der Waals surface area contributed by atoms with Crippen LogP contribution in [0.4, 0.5) is 23.2 Å². The lowest BCUT2D eigenvalue weighted by atomic mass is 10.0. The molecule has 0 radical (unpaired) electrons. The summed E-state index contributed by atoms with van der Waals surface area (Å²) < 4.78 is 51.4. The average Bonchev–Trinajstić information content (AvgIpc) is 2.62. The summed E-state index contributed by atoms with van der Waals surface area (Å²) in [6.07, 6.45) is 1.35. The molecule has 0 spiro atoms. The Balaban J connectivity index is 1.71. The van der Waals surface area contributed by atoms with Gasteiger partial charge in [-0.3, -0.25) is 9.78 Å². The van der Waals surface area contributed by atoms with Gasteiger partial charge in [-0.05, 0) is 42.8 Å². The number of carbonyl (C=O) groups is 1. The van der Waals surface area contributed by atoms with Crippen molar-refractivity contribution in [1.29, 1.82) is 0 Å². The van der Waals surface area contributed by atoms with Gasteiger partial charge in [0.2, 0.25) is 0 Å². The highest BCUT2D eigenvalue weighted by Gasteiger charge is 2.30. The van der Waals surface area contributed by atoms with Crippen molar-refractivity contribution in [3.63, 3.8) is 0 Å². The van der Waals surface area contributed by atoms with Crippen molar-refractivity contribution in [2.75, 3.05) is 5.32 Å². The number of allylic oxidation sites excluding steroid dienone is 4. The predicted octanol–water partition coefficient (Wildman–Crippen LogP) is 5.38. The average molecular weight is 362 g/mol. The smallest absolute Gasteiger partial charge is 0.322 e. The second kappa shape index (κ2) is 7.11. The molecule has 1 N–H and O–H groups in total. The van der Waals surface area contributed by atoms with E-state index in [2.05, 4.69) is 10.3 Å². The Kier molecular flexibility index (Phi) is 4.88. The molecule has 1 heterocycles. The quantitative estimate of drug-likeness (QED) is 0.745. The highest BCUT2D eigenvalue weighted by molar-refractivity contribution is 6.04. The number of rotatable bonds is 3. The first-order valence-corrected chi connectivity index (χ1v) is 7.85.